The molecule has 0 atom stereocenters. The van der Waals surface area contributed by atoms with Crippen molar-refractivity contribution in [3.63, 3.8) is 0 Å². The van der Waals surface area contributed by atoms with Gasteiger partial charge in [0.15, 0.2) is 0 Å². The monoisotopic (exact) mass is 255 g/mol. The number of ether oxygens (including phenoxy) is 1. The van der Waals surface area contributed by atoms with Gasteiger partial charge < -0.3 is 20.6 Å². The summed E-state index contributed by atoms with van der Waals surface area (Å²) in [6, 6.07) is 0. The first-order valence-corrected chi connectivity index (χ1v) is 6.06. The van der Waals surface area contributed by atoms with Crippen LogP contribution in [0.1, 0.15) is 18.9 Å². The Morgan fingerprint density at radius 3 is 2.78 bits per heavy atom. The van der Waals surface area contributed by atoms with E-state index in [0.717, 1.165) is 30.8 Å². The third-order valence-electron chi connectivity index (χ3n) is 2.43. The second kappa shape index (κ2) is 8.62. The number of hydrogen-bond acceptors (Lipinski definition) is 7. The van der Waals surface area contributed by atoms with Gasteiger partial charge in [-0.05, 0) is 12.8 Å². The first-order chi connectivity index (χ1) is 8.83. The molecular weight excluding hydrogens is 234 g/mol. The minimum atomic E-state index is 0.0604. The van der Waals surface area contributed by atoms with Crippen LogP contribution in [0.5, 0.6) is 0 Å². The zero-order chi connectivity index (χ0) is 13.2. The molecule has 1 rings (SSSR count). The molecule has 0 aliphatic rings. The first-order valence-electron chi connectivity index (χ1n) is 6.06. The molecule has 0 amide bonds. The number of nitrogens with zero attached hydrogens (tertiary/aromatic N) is 2. The van der Waals surface area contributed by atoms with Crippen LogP contribution in [0.25, 0.3) is 0 Å². The van der Waals surface area contributed by atoms with E-state index in [1.54, 1.807) is 0 Å². The highest BCUT2D eigenvalue weighted by atomic mass is 16.5. The lowest BCUT2D eigenvalue weighted by molar-refractivity contribution is 0.0922. The van der Waals surface area contributed by atoms with E-state index in [1.807, 2.05) is 6.92 Å². The number of aliphatic hydroxyl groups is 1. The number of nitrogens with one attached hydrogen (secondary N) is 2. The molecule has 0 aliphatic carbocycles. The summed E-state index contributed by atoms with van der Waals surface area (Å²) in [6.07, 6.45) is 3.11. The van der Waals surface area contributed by atoms with Gasteiger partial charge in [0.1, 0.15) is 18.0 Å². The van der Waals surface area contributed by atoms with Gasteiger partial charge in [-0.15, -0.1) is 0 Å². The summed E-state index contributed by atoms with van der Waals surface area (Å²) < 4.78 is 5.17. The Hall–Kier alpha value is -1.44. The van der Waals surface area contributed by atoms with E-state index in [1.165, 1.54) is 6.33 Å². The van der Waals surface area contributed by atoms with Crippen molar-refractivity contribution in [2.24, 2.45) is 5.84 Å². The van der Waals surface area contributed by atoms with Crippen molar-refractivity contribution in [1.82, 2.24) is 9.97 Å². The number of aromatic nitrogens is 2. The maximum atomic E-state index is 8.55. The second-order valence-electron chi connectivity index (χ2n) is 3.66. The van der Waals surface area contributed by atoms with E-state index in [0.29, 0.717) is 19.0 Å². The average Bonchev–Trinajstić information content (AvgIpc) is 2.42. The summed E-state index contributed by atoms with van der Waals surface area (Å²) >= 11 is 0. The summed E-state index contributed by atoms with van der Waals surface area (Å²) in [5.41, 5.74) is 3.53. The van der Waals surface area contributed by atoms with Gasteiger partial charge in [0, 0.05) is 18.7 Å². The highest BCUT2D eigenvalue weighted by Gasteiger charge is 2.07. The van der Waals surface area contributed by atoms with Gasteiger partial charge in [0.05, 0.1) is 13.2 Å². The van der Waals surface area contributed by atoms with Crippen molar-refractivity contribution >= 4 is 11.6 Å². The Bertz CT molecular complexity index is 348. The van der Waals surface area contributed by atoms with Gasteiger partial charge >= 0.3 is 0 Å². The lowest BCUT2D eigenvalue weighted by Crippen LogP contribution is -2.15. The van der Waals surface area contributed by atoms with Crippen LogP contribution < -0.4 is 16.6 Å². The molecule has 0 radical (unpaired) electrons. The molecule has 0 bridgehead atoms. The van der Waals surface area contributed by atoms with Gasteiger partial charge in [-0.3, -0.25) is 0 Å². The average molecular weight is 255 g/mol. The number of nitrogen functional groups attached to an aromatic ring is 1. The Labute approximate surface area is 107 Å². The lowest BCUT2D eigenvalue weighted by Gasteiger charge is -2.12. The van der Waals surface area contributed by atoms with Crippen LogP contribution in [0, 0.1) is 0 Å². The molecule has 0 aliphatic heterocycles. The summed E-state index contributed by atoms with van der Waals surface area (Å²) in [7, 11) is 0. The zero-order valence-electron chi connectivity index (χ0n) is 10.6. The standard InChI is InChI=1S/C11H21N5O2/c1-2-9-10(14-8-15-11(9)16-12)13-4-3-6-18-7-5-17/h8,17H,2-7,12H2,1H3,(H2,13,14,15,16). The van der Waals surface area contributed by atoms with Gasteiger partial charge in [0.25, 0.3) is 0 Å². The third-order valence-corrected chi connectivity index (χ3v) is 2.43. The molecule has 0 spiro atoms. The van der Waals surface area contributed by atoms with Crippen LogP contribution in [0.3, 0.4) is 0 Å². The predicted octanol–water partition coefficient (Wildman–Crippen LogP) is 0.135. The molecule has 0 unspecified atom stereocenters. The van der Waals surface area contributed by atoms with Crippen LogP contribution in [-0.2, 0) is 11.2 Å². The van der Waals surface area contributed by atoms with Crippen molar-refractivity contribution in [2.45, 2.75) is 19.8 Å². The van der Waals surface area contributed by atoms with E-state index < -0.39 is 0 Å². The molecule has 1 heterocycles. The second-order valence-corrected chi connectivity index (χ2v) is 3.66. The quantitative estimate of drug-likeness (QED) is 0.282. The Balaban J connectivity index is 2.41. The normalized spacial score (nSPS) is 10.4. The van der Waals surface area contributed by atoms with Crippen LogP contribution in [-0.4, -0.2) is 41.4 Å². The summed E-state index contributed by atoms with van der Waals surface area (Å²) in [4.78, 5) is 8.25. The van der Waals surface area contributed by atoms with Crippen LogP contribution in [0.4, 0.5) is 11.6 Å². The molecule has 5 N–H and O–H groups in total. The smallest absolute Gasteiger partial charge is 0.148 e. The molecule has 7 heteroatoms. The van der Waals surface area contributed by atoms with Gasteiger partial charge in [-0.25, -0.2) is 15.8 Å². The van der Waals surface area contributed by atoms with Gasteiger partial charge in [-0.1, -0.05) is 6.92 Å². The van der Waals surface area contributed by atoms with Crippen molar-refractivity contribution in [1.29, 1.82) is 0 Å². The van der Waals surface area contributed by atoms with E-state index >= 15 is 0 Å². The number of rotatable bonds is 9. The Morgan fingerprint density at radius 2 is 2.11 bits per heavy atom. The summed E-state index contributed by atoms with van der Waals surface area (Å²) in [5, 5.41) is 11.8. The molecular formula is C11H21N5O2. The number of hydrogen-bond donors (Lipinski definition) is 4. The molecule has 1 aromatic rings. The minimum absolute atomic E-state index is 0.0604. The highest BCUT2D eigenvalue weighted by Crippen LogP contribution is 2.19. The van der Waals surface area contributed by atoms with Crippen LogP contribution in [0.15, 0.2) is 6.33 Å². The van der Waals surface area contributed by atoms with Crippen molar-refractivity contribution in [3.05, 3.63) is 11.9 Å². The lowest BCUT2D eigenvalue weighted by atomic mass is 10.2. The van der Waals surface area contributed by atoms with Crippen LogP contribution in [0.2, 0.25) is 0 Å². The van der Waals surface area contributed by atoms with E-state index in [-0.39, 0.29) is 6.61 Å². The zero-order valence-corrected chi connectivity index (χ0v) is 10.6. The number of aliphatic hydroxyl groups excluding tert-OH is 1. The molecule has 0 saturated carbocycles. The van der Waals surface area contributed by atoms with Gasteiger partial charge in [-0.2, -0.15) is 0 Å². The number of hydrazine groups is 1. The molecule has 0 aromatic carbocycles. The Kier molecular flexibility index (Phi) is 7.00. The largest absolute Gasteiger partial charge is 0.394 e. The van der Waals surface area contributed by atoms with Crippen LogP contribution >= 0.6 is 0 Å². The molecule has 0 saturated heterocycles. The minimum Gasteiger partial charge on any atom is -0.394 e. The Morgan fingerprint density at radius 1 is 1.33 bits per heavy atom. The topological polar surface area (TPSA) is 105 Å². The number of anilines is 2. The summed E-state index contributed by atoms with van der Waals surface area (Å²) in [5.74, 6) is 6.83. The fourth-order valence-electron chi connectivity index (χ4n) is 1.57. The first kappa shape index (κ1) is 14.6. The van der Waals surface area contributed by atoms with Crippen molar-refractivity contribution in [3.8, 4) is 0 Å². The molecule has 18 heavy (non-hydrogen) atoms. The SMILES string of the molecule is CCc1c(NN)ncnc1NCCCOCCO. The maximum Gasteiger partial charge on any atom is 0.148 e. The summed E-state index contributed by atoms with van der Waals surface area (Å²) in [6.45, 7) is 3.83. The molecule has 102 valence electrons. The van der Waals surface area contributed by atoms with E-state index in [9.17, 15) is 0 Å². The van der Waals surface area contributed by atoms with E-state index in [2.05, 4.69) is 20.7 Å². The molecule has 0 fully saturated rings. The fourth-order valence-corrected chi connectivity index (χ4v) is 1.57. The third kappa shape index (κ3) is 4.44. The predicted molar refractivity (Wildman–Crippen MR) is 70.2 cm³/mol. The number of nitrogens with two attached hydrogens (primary N) is 1. The molecule has 7 nitrogen and oxygen atoms in total. The highest BCUT2D eigenvalue weighted by molar-refractivity contribution is 5.56. The van der Waals surface area contributed by atoms with Gasteiger partial charge in [0.2, 0.25) is 0 Å². The van der Waals surface area contributed by atoms with E-state index in [4.69, 9.17) is 15.7 Å². The fraction of sp³-hybridized carbons (Fsp3) is 0.636. The maximum absolute atomic E-state index is 8.55. The van der Waals surface area contributed by atoms with Crippen molar-refractivity contribution in [2.75, 3.05) is 37.1 Å². The molecule has 1 aromatic heterocycles. The van der Waals surface area contributed by atoms with Crippen molar-refractivity contribution < 1.29 is 9.84 Å².